The Balaban J connectivity index is 2.22. The fourth-order valence-corrected chi connectivity index (χ4v) is 1.40. The average molecular weight is 121 g/mol. The molecule has 0 amide bonds. The molecule has 46 valence electrons. The highest BCUT2D eigenvalue weighted by atomic mass is 16.5. The standard InChI is InChI=1S/C7H7NO/c8-4-5-3-6-1-2-7(5)9-6/h1-2,5-7H,3H2/t5?,6-,7+/m1/s1. The lowest BCUT2D eigenvalue weighted by Crippen LogP contribution is -2.09. The van der Waals surface area contributed by atoms with Crippen molar-refractivity contribution in [3.63, 3.8) is 0 Å². The van der Waals surface area contributed by atoms with E-state index < -0.39 is 0 Å². The maximum absolute atomic E-state index is 8.52. The predicted octanol–water partition coefficient (Wildman–Crippen LogP) is 0.853. The Morgan fingerprint density at radius 1 is 1.56 bits per heavy atom. The van der Waals surface area contributed by atoms with Crippen LogP contribution < -0.4 is 0 Å². The van der Waals surface area contributed by atoms with Gasteiger partial charge in [0.15, 0.2) is 0 Å². The number of nitriles is 1. The predicted molar refractivity (Wildman–Crippen MR) is 31.5 cm³/mol. The minimum atomic E-state index is 0.111. The van der Waals surface area contributed by atoms with Crippen LogP contribution >= 0.6 is 0 Å². The lowest BCUT2D eigenvalue weighted by atomic mass is 9.96. The molecule has 0 radical (unpaired) electrons. The average Bonchev–Trinajstić information content (AvgIpc) is 2.45. The lowest BCUT2D eigenvalue weighted by molar-refractivity contribution is 0.114. The Morgan fingerprint density at radius 2 is 2.44 bits per heavy atom. The topological polar surface area (TPSA) is 33.0 Å². The second-order valence-electron chi connectivity index (χ2n) is 2.50. The van der Waals surface area contributed by atoms with E-state index in [1.54, 1.807) is 0 Å². The van der Waals surface area contributed by atoms with E-state index in [2.05, 4.69) is 6.07 Å². The summed E-state index contributed by atoms with van der Waals surface area (Å²) in [6.45, 7) is 0. The number of hydrogen-bond donors (Lipinski definition) is 0. The molecule has 0 aromatic carbocycles. The van der Waals surface area contributed by atoms with Gasteiger partial charge in [0.1, 0.15) is 0 Å². The zero-order chi connectivity index (χ0) is 6.27. The van der Waals surface area contributed by atoms with Gasteiger partial charge in [0.25, 0.3) is 0 Å². The van der Waals surface area contributed by atoms with Crippen molar-refractivity contribution >= 4 is 0 Å². The van der Waals surface area contributed by atoms with Gasteiger partial charge in [-0.1, -0.05) is 12.2 Å². The number of ether oxygens (including phenoxy) is 1. The second kappa shape index (κ2) is 1.58. The molecule has 2 aliphatic rings. The van der Waals surface area contributed by atoms with Gasteiger partial charge in [0, 0.05) is 0 Å². The summed E-state index contributed by atoms with van der Waals surface area (Å²) in [7, 11) is 0. The highest BCUT2D eigenvalue weighted by molar-refractivity contribution is 5.15. The summed E-state index contributed by atoms with van der Waals surface area (Å²) in [6, 6.07) is 2.22. The van der Waals surface area contributed by atoms with Crippen molar-refractivity contribution in [3.8, 4) is 6.07 Å². The zero-order valence-corrected chi connectivity index (χ0v) is 4.95. The van der Waals surface area contributed by atoms with Gasteiger partial charge in [-0.15, -0.1) is 0 Å². The van der Waals surface area contributed by atoms with Crippen LogP contribution in [0.1, 0.15) is 6.42 Å². The van der Waals surface area contributed by atoms with Gasteiger partial charge >= 0.3 is 0 Å². The summed E-state index contributed by atoms with van der Waals surface area (Å²) in [6.07, 6.45) is 5.29. The van der Waals surface area contributed by atoms with Gasteiger partial charge in [-0.3, -0.25) is 0 Å². The molecule has 3 atom stereocenters. The van der Waals surface area contributed by atoms with Crippen molar-refractivity contribution in [2.45, 2.75) is 18.6 Å². The van der Waals surface area contributed by atoms with Gasteiger partial charge in [-0.25, -0.2) is 0 Å². The highest BCUT2D eigenvalue weighted by Gasteiger charge is 2.36. The maximum atomic E-state index is 8.52. The first kappa shape index (κ1) is 5.01. The fourth-order valence-electron chi connectivity index (χ4n) is 1.40. The van der Waals surface area contributed by atoms with Gasteiger partial charge in [0.2, 0.25) is 0 Å². The van der Waals surface area contributed by atoms with E-state index in [9.17, 15) is 0 Å². The van der Waals surface area contributed by atoms with Crippen LogP contribution in [0.15, 0.2) is 12.2 Å². The van der Waals surface area contributed by atoms with Gasteiger partial charge < -0.3 is 4.74 Å². The first-order valence-corrected chi connectivity index (χ1v) is 3.13. The van der Waals surface area contributed by atoms with E-state index in [1.807, 2.05) is 12.2 Å². The molecule has 2 heterocycles. The van der Waals surface area contributed by atoms with E-state index in [-0.39, 0.29) is 18.1 Å². The van der Waals surface area contributed by atoms with Crippen LogP contribution in [0.25, 0.3) is 0 Å². The SMILES string of the molecule is N#CC1C[C@H]2C=C[C@@H]1O2. The normalized spacial score (nSPS) is 45.4. The van der Waals surface area contributed by atoms with Crippen LogP contribution in [0.3, 0.4) is 0 Å². The van der Waals surface area contributed by atoms with Crippen molar-refractivity contribution in [3.05, 3.63) is 12.2 Å². The number of fused-ring (bicyclic) bond motifs is 2. The van der Waals surface area contributed by atoms with Crippen molar-refractivity contribution in [2.24, 2.45) is 5.92 Å². The monoisotopic (exact) mass is 121 g/mol. The molecule has 0 aromatic rings. The molecule has 2 nitrogen and oxygen atoms in total. The van der Waals surface area contributed by atoms with E-state index >= 15 is 0 Å². The molecule has 2 aliphatic heterocycles. The molecule has 0 spiro atoms. The Hall–Kier alpha value is -0.810. The van der Waals surface area contributed by atoms with Gasteiger partial charge in [-0.2, -0.15) is 5.26 Å². The van der Waals surface area contributed by atoms with Crippen LogP contribution in [0, 0.1) is 17.2 Å². The second-order valence-corrected chi connectivity index (χ2v) is 2.50. The zero-order valence-electron chi connectivity index (χ0n) is 4.95. The summed E-state index contributed by atoms with van der Waals surface area (Å²) in [5.41, 5.74) is 0. The van der Waals surface area contributed by atoms with E-state index in [1.165, 1.54) is 0 Å². The first-order chi connectivity index (χ1) is 4.40. The molecule has 2 bridgehead atoms. The molecule has 1 saturated heterocycles. The van der Waals surface area contributed by atoms with Crippen LogP contribution in [0.2, 0.25) is 0 Å². The third-order valence-electron chi connectivity index (χ3n) is 1.90. The van der Waals surface area contributed by atoms with Crippen molar-refractivity contribution < 1.29 is 4.74 Å². The molecule has 2 rings (SSSR count). The van der Waals surface area contributed by atoms with Crippen molar-refractivity contribution in [1.29, 1.82) is 5.26 Å². The van der Waals surface area contributed by atoms with Crippen LogP contribution in [-0.2, 0) is 4.74 Å². The third-order valence-corrected chi connectivity index (χ3v) is 1.90. The Labute approximate surface area is 53.7 Å². The molecule has 2 heteroatoms. The van der Waals surface area contributed by atoms with Crippen molar-refractivity contribution in [1.82, 2.24) is 0 Å². The first-order valence-electron chi connectivity index (χ1n) is 3.13. The third kappa shape index (κ3) is 0.585. The number of rotatable bonds is 0. The summed E-state index contributed by atoms with van der Waals surface area (Å²) in [4.78, 5) is 0. The van der Waals surface area contributed by atoms with Crippen LogP contribution in [-0.4, -0.2) is 12.2 Å². The molecule has 1 unspecified atom stereocenters. The summed E-state index contributed by atoms with van der Waals surface area (Å²) in [5.74, 6) is 0.125. The summed E-state index contributed by atoms with van der Waals surface area (Å²) in [5, 5.41) is 8.52. The van der Waals surface area contributed by atoms with E-state index in [4.69, 9.17) is 10.00 Å². The van der Waals surface area contributed by atoms with E-state index in [0.717, 1.165) is 6.42 Å². The summed E-state index contributed by atoms with van der Waals surface area (Å²) >= 11 is 0. The maximum Gasteiger partial charge on any atom is 0.0924 e. The molecule has 0 aliphatic carbocycles. The Kier molecular flexibility index (Phi) is 0.882. The molecule has 9 heavy (non-hydrogen) atoms. The number of hydrogen-bond acceptors (Lipinski definition) is 2. The molecular formula is C7H7NO. The van der Waals surface area contributed by atoms with Crippen LogP contribution in [0.5, 0.6) is 0 Å². The minimum absolute atomic E-state index is 0.111. The Morgan fingerprint density at radius 3 is 2.78 bits per heavy atom. The highest BCUT2D eigenvalue weighted by Crippen LogP contribution is 2.32. The summed E-state index contributed by atoms with van der Waals surface area (Å²) < 4.78 is 5.34. The van der Waals surface area contributed by atoms with Crippen LogP contribution in [0.4, 0.5) is 0 Å². The van der Waals surface area contributed by atoms with Gasteiger partial charge in [-0.05, 0) is 6.42 Å². The molecule has 1 fully saturated rings. The lowest BCUT2D eigenvalue weighted by Gasteiger charge is -2.03. The van der Waals surface area contributed by atoms with Crippen molar-refractivity contribution in [2.75, 3.05) is 0 Å². The van der Waals surface area contributed by atoms with E-state index in [0.29, 0.717) is 0 Å². The minimum Gasteiger partial charge on any atom is -0.365 e. The number of nitrogens with zero attached hydrogens (tertiary/aromatic N) is 1. The fraction of sp³-hybridized carbons (Fsp3) is 0.571. The molecule has 0 saturated carbocycles. The Bertz CT molecular complexity index is 192. The smallest absolute Gasteiger partial charge is 0.0924 e. The quantitative estimate of drug-likeness (QED) is 0.445. The molecule has 0 N–H and O–H groups in total. The molecule has 0 aromatic heterocycles. The molecular weight excluding hydrogens is 114 g/mol. The van der Waals surface area contributed by atoms with Gasteiger partial charge in [0.05, 0.1) is 24.2 Å². The largest absolute Gasteiger partial charge is 0.365 e.